The highest BCUT2D eigenvalue weighted by Gasteiger charge is 2.40. The van der Waals surface area contributed by atoms with Gasteiger partial charge in [-0.1, -0.05) is 23.7 Å². The fourth-order valence-electron chi connectivity index (χ4n) is 2.67. The molecule has 0 saturated heterocycles. The Hall–Kier alpha value is -3.14. The summed E-state index contributed by atoms with van der Waals surface area (Å²) >= 11 is 5.76. The third-order valence-electron chi connectivity index (χ3n) is 3.93. The first kappa shape index (κ1) is 21.6. The number of carbonyl (C=O) groups is 1. The normalized spacial score (nSPS) is 11.6. The van der Waals surface area contributed by atoms with Crippen molar-refractivity contribution in [1.82, 2.24) is 15.1 Å². The SMILES string of the molecule is O=C(NCc1cccc(OC(F)F)c1)c1cnn(-c2ccc(Cl)cc2)c1C(F)(F)F. The first-order valence-electron chi connectivity index (χ1n) is 8.38. The molecule has 0 aliphatic heterocycles. The molecule has 0 fully saturated rings. The van der Waals surface area contributed by atoms with E-state index in [4.69, 9.17) is 11.6 Å². The van der Waals surface area contributed by atoms with Gasteiger partial charge in [0, 0.05) is 11.6 Å². The van der Waals surface area contributed by atoms with Crippen LogP contribution >= 0.6 is 11.6 Å². The van der Waals surface area contributed by atoms with Crippen molar-refractivity contribution >= 4 is 17.5 Å². The monoisotopic (exact) mass is 445 g/mol. The molecular weight excluding hydrogens is 433 g/mol. The first-order chi connectivity index (χ1) is 14.1. The van der Waals surface area contributed by atoms with Crippen LogP contribution in [0.5, 0.6) is 5.75 Å². The van der Waals surface area contributed by atoms with Crippen molar-refractivity contribution in [2.24, 2.45) is 0 Å². The van der Waals surface area contributed by atoms with E-state index in [1.165, 1.54) is 48.5 Å². The van der Waals surface area contributed by atoms with Gasteiger partial charge in [0.05, 0.1) is 17.4 Å². The number of nitrogens with one attached hydrogen (secondary N) is 1. The van der Waals surface area contributed by atoms with Crippen LogP contribution in [0.3, 0.4) is 0 Å². The smallest absolute Gasteiger partial charge is 0.434 e. The van der Waals surface area contributed by atoms with Crippen LogP contribution in [0.25, 0.3) is 5.69 Å². The van der Waals surface area contributed by atoms with Gasteiger partial charge in [0.2, 0.25) is 0 Å². The predicted octanol–water partition coefficient (Wildman–Crippen LogP) is 5.08. The van der Waals surface area contributed by atoms with Gasteiger partial charge >= 0.3 is 12.8 Å². The van der Waals surface area contributed by atoms with E-state index in [0.717, 1.165) is 6.20 Å². The zero-order chi connectivity index (χ0) is 21.9. The molecule has 1 amide bonds. The maximum atomic E-state index is 13.7. The number of ether oxygens (including phenoxy) is 1. The Balaban J connectivity index is 1.83. The molecule has 0 aliphatic carbocycles. The number of hydrogen-bond donors (Lipinski definition) is 1. The molecule has 1 aromatic heterocycles. The van der Waals surface area contributed by atoms with Gasteiger partial charge in [-0.25, -0.2) is 4.68 Å². The Morgan fingerprint density at radius 1 is 1.17 bits per heavy atom. The number of hydrogen-bond acceptors (Lipinski definition) is 3. The molecule has 158 valence electrons. The molecule has 0 spiro atoms. The molecule has 0 bridgehead atoms. The second-order valence-corrected chi connectivity index (χ2v) is 6.44. The Labute approximate surface area is 172 Å². The minimum atomic E-state index is -4.87. The van der Waals surface area contributed by atoms with Gasteiger partial charge in [-0.05, 0) is 42.0 Å². The van der Waals surface area contributed by atoms with Crippen LogP contribution in [0.2, 0.25) is 5.02 Å². The molecule has 1 N–H and O–H groups in total. The van der Waals surface area contributed by atoms with E-state index < -0.39 is 30.0 Å². The summed E-state index contributed by atoms with van der Waals surface area (Å²) < 4.78 is 70.4. The molecule has 0 aliphatic rings. The van der Waals surface area contributed by atoms with Gasteiger partial charge in [-0.3, -0.25) is 4.79 Å². The van der Waals surface area contributed by atoms with Crippen LogP contribution in [0.4, 0.5) is 22.0 Å². The molecule has 0 unspecified atom stereocenters. The van der Waals surface area contributed by atoms with E-state index >= 15 is 0 Å². The van der Waals surface area contributed by atoms with Gasteiger partial charge < -0.3 is 10.1 Å². The number of alkyl halides is 5. The third-order valence-corrected chi connectivity index (χ3v) is 4.18. The summed E-state index contributed by atoms with van der Waals surface area (Å²) in [6.45, 7) is -3.23. The lowest BCUT2D eigenvalue weighted by Crippen LogP contribution is -2.26. The first-order valence-corrected chi connectivity index (χ1v) is 8.76. The Kier molecular flexibility index (Phi) is 6.25. The molecular formula is C19H13ClF5N3O2. The predicted molar refractivity (Wildman–Crippen MR) is 97.8 cm³/mol. The highest BCUT2D eigenvalue weighted by molar-refractivity contribution is 6.30. The van der Waals surface area contributed by atoms with Crippen molar-refractivity contribution in [3.63, 3.8) is 0 Å². The quantitative estimate of drug-likeness (QED) is 0.539. The lowest BCUT2D eigenvalue weighted by molar-refractivity contribution is -0.143. The number of amides is 1. The van der Waals surface area contributed by atoms with E-state index in [0.29, 0.717) is 15.3 Å². The molecule has 3 aromatic rings. The maximum Gasteiger partial charge on any atom is 0.434 e. The van der Waals surface area contributed by atoms with Crippen molar-refractivity contribution in [3.8, 4) is 11.4 Å². The largest absolute Gasteiger partial charge is 0.435 e. The van der Waals surface area contributed by atoms with E-state index in [9.17, 15) is 26.7 Å². The van der Waals surface area contributed by atoms with E-state index in [2.05, 4.69) is 15.2 Å². The summed E-state index contributed by atoms with van der Waals surface area (Å²) in [6.07, 6.45) is -4.06. The van der Waals surface area contributed by atoms with Crippen LogP contribution in [0.1, 0.15) is 21.6 Å². The van der Waals surface area contributed by atoms with Crippen molar-refractivity contribution in [1.29, 1.82) is 0 Å². The number of rotatable bonds is 6. The summed E-state index contributed by atoms with van der Waals surface area (Å²) in [5.41, 5.74) is -1.50. The van der Waals surface area contributed by atoms with E-state index in [-0.39, 0.29) is 18.0 Å². The summed E-state index contributed by atoms with van der Waals surface area (Å²) in [5.74, 6) is -1.16. The second-order valence-electron chi connectivity index (χ2n) is 6.00. The van der Waals surface area contributed by atoms with E-state index in [1.807, 2.05) is 0 Å². The molecule has 0 atom stereocenters. The lowest BCUT2D eigenvalue weighted by Gasteiger charge is -2.13. The second kappa shape index (κ2) is 8.70. The molecule has 1 heterocycles. The number of halogens is 6. The average Bonchev–Trinajstić information content (AvgIpc) is 3.12. The summed E-state index contributed by atoms with van der Waals surface area (Å²) in [5, 5.41) is 6.35. The maximum absolute atomic E-state index is 13.7. The van der Waals surface area contributed by atoms with Crippen LogP contribution in [-0.2, 0) is 12.7 Å². The van der Waals surface area contributed by atoms with Gasteiger partial charge in [0.25, 0.3) is 5.91 Å². The molecule has 30 heavy (non-hydrogen) atoms. The van der Waals surface area contributed by atoms with E-state index in [1.54, 1.807) is 0 Å². The van der Waals surface area contributed by atoms with Gasteiger partial charge in [0.1, 0.15) is 5.75 Å². The number of nitrogens with zero attached hydrogens (tertiary/aromatic N) is 2. The average molecular weight is 446 g/mol. The molecule has 2 aromatic carbocycles. The summed E-state index contributed by atoms with van der Waals surface area (Å²) in [4.78, 5) is 12.4. The summed E-state index contributed by atoms with van der Waals surface area (Å²) in [7, 11) is 0. The van der Waals surface area contributed by atoms with Crippen LogP contribution in [0, 0.1) is 0 Å². The Morgan fingerprint density at radius 3 is 2.50 bits per heavy atom. The molecule has 5 nitrogen and oxygen atoms in total. The van der Waals surface area contributed by atoms with Gasteiger partial charge in [0.15, 0.2) is 5.69 Å². The van der Waals surface area contributed by atoms with Crippen LogP contribution in [-0.4, -0.2) is 22.3 Å². The fourth-order valence-corrected chi connectivity index (χ4v) is 2.80. The standard InChI is InChI=1S/C19H13ClF5N3O2/c20-12-4-6-13(7-5-12)28-16(19(23,24)25)15(10-27-28)17(29)26-9-11-2-1-3-14(8-11)30-18(21)22/h1-8,10,18H,9H2,(H,26,29). The lowest BCUT2D eigenvalue weighted by atomic mass is 10.2. The summed E-state index contributed by atoms with van der Waals surface area (Å²) in [6, 6.07) is 10.9. The highest BCUT2D eigenvalue weighted by Crippen LogP contribution is 2.34. The molecule has 3 rings (SSSR count). The zero-order valence-corrected chi connectivity index (χ0v) is 15.7. The topological polar surface area (TPSA) is 56.1 Å². The van der Waals surface area contributed by atoms with Crippen molar-refractivity contribution < 1.29 is 31.5 Å². The van der Waals surface area contributed by atoms with Crippen molar-refractivity contribution in [2.75, 3.05) is 0 Å². The highest BCUT2D eigenvalue weighted by atomic mass is 35.5. The van der Waals surface area contributed by atoms with Crippen molar-refractivity contribution in [3.05, 3.63) is 76.6 Å². The number of aromatic nitrogens is 2. The minimum absolute atomic E-state index is 0.0719. The number of carbonyl (C=O) groups excluding carboxylic acids is 1. The van der Waals surface area contributed by atoms with Crippen molar-refractivity contribution in [2.45, 2.75) is 19.3 Å². The molecule has 11 heteroatoms. The third kappa shape index (κ3) is 5.07. The number of benzene rings is 2. The fraction of sp³-hybridized carbons (Fsp3) is 0.158. The molecule has 0 radical (unpaired) electrons. The molecule has 0 saturated carbocycles. The van der Waals surface area contributed by atoms with Crippen LogP contribution in [0.15, 0.2) is 54.7 Å². The van der Waals surface area contributed by atoms with Crippen LogP contribution < -0.4 is 10.1 Å². The zero-order valence-electron chi connectivity index (χ0n) is 15.0. The van der Waals surface area contributed by atoms with Gasteiger partial charge in [-0.15, -0.1) is 0 Å². The van der Waals surface area contributed by atoms with Gasteiger partial charge in [-0.2, -0.15) is 27.1 Å². The minimum Gasteiger partial charge on any atom is -0.435 e. The Morgan fingerprint density at radius 2 is 1.87 bits per heavy atom. The Bertz CT molecular complexity index is 1040.